The first-order chi connectivity index (χ1) is 14.3. The van der Waals surface area contributed by atoms with Gasteiger partial charge in [-0.1, -0.05) is 29.8 Å². The van der Waals surface area contributed by atoms with E-state index in [1.807, 2.05) is 6.07 Å². The average molecular weight is 479 g/mol. The lowest BCUT2D eigenvalue weighted by Gasteiger charge is -2.27. The van der Waals surface area contributed by atoms with Gasteiger partial charge in [0.2, 0.25) is 5.96 Å². The molecule has 3 rings (SSSR count). The van der Waals surface area contributed by atoms with Crippen molar-refractivity contribution in [3.8, 4) is 0 Å². The van der Waals surface area contributed by atoms with Crippen molar-refractivity contribution in [3.05, 3.63) is 57.9 Å². The minimum Gasteiger partial charge on any atom is -0.369 e. The number of alkyl halides is 3. The second kappa shape index (κ2) is 9.58. The summed E-state index contributed by atoms with van der Waals surface area (Å²) < 4.78 is 66.1. The number of nitrogens with one attached hydrogen (secondary N) is 2. The van der Waals surface area contributed by atoms with E-state index in [1.165, 1.54) is 0 Å². The standard InChI is InChI=1S/C16H14ClF3N6.CH4O3S/c17-11-4-2-1-3-9(11)8-5-12-14(13(6-8)25-26-15(21)22)10(7-23-24-12)16(18,19)20;1-5(2,3)4/h1-4,7-8H,5-6H2,(H4,21,22,26);1H3,(H,2,3,4). The molecule has 0 spiro atoms. The van der Waals surface area contributed by atoms with Gasteiger partial charge in [-0.15, -0.1) is 0 Å². The molecule has 0 fully saturated rings. The lowest BCUT2D eigenvalue weighted by atomic mass is 9.80. The van der Waals surface area contributed by atoms with Gasteiger partial charge < -0.3 is 5.73 Å². The van der Waals surface area contributed by atoms with Gasteiger partial charge in [0.25, 0.3) is 10.1 Å². The molecule has 1 aromatic heterocycles. The summed E-state index contributed by atoms with van der Waals surface area (Å²) in [5.41, 5.74) is 7.48. The average Bonchev–Trinajstić information content (AvgIpc) is 2.63. The SMILES string of the molecule is CS(=O)(=O)O.N=C(N)NN=C1CC(c2ccccc2Cl)Cc2nncc(C(F)(F)F)c21. The monoisotopic (exact) mass is 478 g/mol. The van der Waals surface area contributed by atoms with Gasteiger partial charge in [-0.05, 0) is 30.4 Å². The summed E-state index contributed by atoms with van der Waals surface area (Å²) in [6.07, 6.45) is -2.78. The summed E-state index contributed by atoms with van der Waals surface area (Å²) in [4.78, 5) is 0. The minimum absolute atomic E-state index is 0.105. The number of halogens is 4. The Balaban J connectivity index is 0.000000614. The van der Waals surface area contributed by atoms with Crippen LogP contribution in [0.15, 0.2) is 35.6 Å². The smallest absolute Gasteiger partial charge is 0.369 e. The minimum atomic E-state index is -4.60. The highest BCUT2D eigenvalue weighted by atomic mass is 35.5. The molecule has 9 nitrogen and oxygen atoms in total. The van der Waals surface area contributed by atoms with Crippen molar-refractivity contribution in [2.45, 2.75) is 24.9 Å². The predicted molar refractivity (Wildman–Crippen MR) is 109 cm³/mol. The quantitative estimate of drug-likeness (QED) is 0.224. The molecular weight excluding hydrogens is 461 g/mol. The van der Waals surface area contributed by atoms with E-state index in [2.05, 4.69) is 20.7 Å². The number of hydrogen-bond acceptors (Lipinski definition) is 6. The van der Waals surface area contributed by atoms with Crippen molar-refractivity contribution in [1.29, 1.82) is 5.41 Å². The molecule has 1 heterocycles. The topological polar surface area (TPSA) is 154 Å². The number of aromatic nitrogens is 2. The van der Waals surface area contributed by atoms with E-state index in [-0.39, 0.29) is 35.7 Å². The van der Waals surface area contributed by atoms with Crippen molar-refractivity contribution < 1.29 is 26.1 Å². The Bertz CT molecular complexity index is 1100. The Morgan fingerprint density at radius 3 is 2.52 bits per heavy atom. The summed E-state index contributed by atoms with van der Waals surface area (Å²) in [6.45, 7) is 0. The number of hydrazone groups is 1. The van der Waals surface area contributed by atoms with Crippen molar-refractivity contribution in [2.75, 3.05) is 6.26 Å². The molecule has 1 aliphatic rings. The number of benzene rings is 1. The van der Waals surface area contributed by atoms with E-state index in [0.29, 0.717) is 17.5 Å². The molecule has 2 aromatic rings. The van der Waals surface area contributed by atoms with Gasteiger partial charge in [0.1, 0.15) is 0 Å². The molecule has 0 amide bonds. The zero-order chi connectivity index (χ0) is 23.4. The summed E-state index contributed by atoms with van der Waals surface area (Å²) in [7, 11) is -3.67. The van der Waals surface area contributed by atoms with E-state index in [0.717, 1.165) is 5.56 Å². The lowest BCUT2D eigenvalue weighted by Crippen LogP contribution is -2.31. The molecule has 1 unspecified atom stereocenters. The van der Waals surface area contributed by atoms with Gasteiger partial charge >= 0.3 is 6.18 Å². The van der Waals surface area contributed by atoms with Gasteiger partial charge in [0, 0.05) is 10.6 Å². The zero-order valence-corrected chi connectivity index (χ0v) is 17.6. The van der Waals surface area contributed by atoms with Crippen LogP contribution in [-0.2, 0) is 22.7 Å². The van der Waals surface area contributed by atoms with Crippen LogP contribution in [0.3, 0.4) is 0 Å². The summed E-state index contributed by atoms with van der Waals surface area (Å²) in [6, 6.07) is 7.11. The van der Waals surface area contributed by atoms with Crippen molar-refractivity contribution in [1.82, 2.24) is 15.6 Å². The molecule has 5 N–H and O–H groups in total. The van der Waals surface area contributed by atoms with Gasteiger partial charge in [-0.3, -0.25) is 9.96 Å². The third-order valence-corrected chi connectivity index (χ3v) is 4.40. The second-order valence-corrected chi connectivity index (χ2v) is 8.39. The first kappa shape index (κ1) is 24.5. The fourth-order valence-electron chi connectivity index (χ4n) is 3.00. The Labute approximate surface area is 180 Å². The normalized spacial score (nSPS) is 17.4. The third kappa shape index (κ3) is 7.15. The van der Waals surface area contributed by atoms with Crippen LogP contribution < -0.4 is 11.2 Å². The van der Waals surface area contributed by atoms with E-state index >= 15 is 0 Å². The molecule has 31 heavy (non-hydrogen) atoms. The van der Waals surface area contributed by atoms with Gasteiger partial charge in [0.15, 0.2) is 0 Å². The summed E-state index contributed by atoms with van der Waals surface area (Å²) >= 11 is 6.24. The molecule has 1 aromatic carbocycles. The van der Waals surface area contributed by atoms with E-state index in [1.54, 1.807) is 18.2 Å². The summed E-state index contributed by atoms with van der Waals surface area (Å²) in [5, 5.41) is 19.0. The second-order valence-electron chi connectivity index (χ2n) is 6.52. The first-order valence-corrected chi connectivity index (χ1v) is 10.8. The lowest BCUT2D eigenvalue weighted by molar-refractivity contribution is -0.138. The molecule has 0 bridgehead atoms. The maximum absolute atomic E-state index is 13.4. The molecular formula is C17H18ClF3N6O3S. The Hall–Kier alpha value is -2.77. The molecule has 1 atom stereocenters. The van der Waals surface area contributed by atoms with Crippen LogP contribution in [0.2, 0.25) is 5.02 Å². The third-order valence-electron chi connectivity index (χ3n) is 4.05. The molecule has 0 saturated heterocycles. The Morgan fingerprint density at radius 2 is 1.97 bits per heavy atom. The number of hydrogen-bond donors (Lipinski definition) is 4. The highest BCUT2D eigenvalue weighted by Gasteiger charge is 2.39. The number of fused-ring (bicyclic) bond motifs is 1. The van der Waals surface area contributed by atoms with Crippen molar-refractivity contribution in [2.24, 2.45) is 10.8 Å². The number of guanidine groups is 1. The Kier molecular flexibility index (Phi) is 7.57. The van der Waals surface area contributed by atoms with Crippen LogP contribution in [0, 0.1) is 5.41 Å². The van der Waals surface area contributed by atoms with Gasteiger partial charge in [0.05, 0.1) is 29.4 Å². The first-order valence-electron chi connectivity index (χ1n) is 8.53. The Morgan fingerprint density at radius 1 is 1.35 bits per heavy atom. The highest BCUT2D eigenvalue weighted by Crippen LogP contribution is 2.40. The van der Waals surface area contributed by atoms with Crippen molar-refractivity contribution >= 4 is 33.4 Å². The van der Waals surface area contributed by atoms with Crippen LogP contribution in [-0.4, -0.2) is 41.1 Å². The molecule has 14 heteroatoms. The maximum atomic E-state index is 13.4. The largest absolute Gasteiger partial charge is 0.418 e. The molecule has 168 valence electrons. The zero-order valence-electron chi connectivity index (χ0n) is 16.0. The highest BCUT2D eigenvalue weighted by molar-refractivity contribution is 7.85. The number of nitrogens with zero attached hydrogens (tertiary/aromatic N) is 3. The van der Waals surface area contributed by atoms with Gasteiger partial charge in [-0.2, -0.15) is 36.9 Å². The van der Waals surface area contributed by atoms with Crippen LogP contribution in [0.4, 0.5) is 13.2 Å². The fourth-order valence-corrected chi connectivity index (χ4v) is 3.29. The van der Waals surface area contributed by atoms with Crippen LogP contribution in [0.1, 0.15) is 34.7 Å². The molecule has 0 saturated carbocycles. The van der Waals surface area contributed by atoms with E-state index in [9.17, 15) is 21.6 Å². The molecule has 0 radical (unpaired) electrons. The van der Waals surface area contributed by atoms with Crippen LogP contribution in [0.5, 0.6) is 0 Å². The van der Waals surface area contributed by atoms with Crippen LogP contribution >= 0.6 is 11.6 Å². The van der Waals surface area contributed by atoms with E-state index in [4.69, 9.17) is 27.3 Å². The number of rotatable bonds is 2. The molecule has 1 aliphatic carbocycles. The summed E-state index contributed by atoms with van der Waals surface area (Å²) in [5.74, 6) is -0.698. The fraction of sp³-hybridized carbons (Fsp3) is 0.294. The van der Waals surface area contributed by atoms with Crippen LogP contribution in [0.25, 0.3) is 0 Å². The van der Waals surface area contributed by atoms with E-state index < -0.39 is 27.8 Å². The predicted octanol–water partition coefficient (Wildman–Crippen LogP) is 2.57. The van der Waals surface area contributed by atoms with Gasteiger partial charge in [-0.25, -0.2) is 5.43 Å². The molecule has 0 aliphatic heterocycles. The number of nitrogens with two attached hydrogens (primary N) is 1. The maximum Gasteiger partial charge on any atom is 0.418 e. The van der Waals surface area contributed by atoms with Crippen molar-refractivity contribution in [3.63, 3.8) is 0 Å².